The Kier molecular flexibility index (Phi) is 5.22. The van der Waals surface area contributed by atoms with Crippen LogP contribution in [0.3, 0.4) is 0 Å². The number of carboxylic acids is 1. The van der Waals surface area contributed by atoms with Crippen LogP contribution in [0.4, 0.5) is 0 Å². The molecule has 1 aromatic heterocycles. The van der Waals surface area contributed by atoms with Gasteiger partial charge in [0.2, 0.25) is 5.91 Å². The van der Waals surface area contributed by atoms with Crippen LogP contribution < -0.4 is 0 Å². The normalized spacial score (nSPS) is 11.3. The lowest BCUT2D eigenvalue weighted by molar-refractivity contribution is -0.138. The number of carbonyl (C=O) groups is 2. The molecule has 0 saturated carbocycles. The molecule has 1 rings (SSSR count). The Morgan fingerprint density at radius 1 is 1.50 bits per heavy atom. The predicted molar refractivity (Wildman–Crippen MR) is 75.0 cm³/mol. The van der Waals surface area contributed by atoms with Gasteiger partial charge in [-0.05, 0) is 25.3 Å². The summed E-state index contributed by atoms with van der Waals surface area (Å²) in [5, 5.41) is 10.9. The highest BCUT2D eigenvalue weighted by Crippen LogP contribution is 2.24. The van der Waals surface area contributed by atoms with Crippen LogP contribution in [0.15, 0.2) is 17.5 Å². The fraction of sp³-hybridized carbons (Fsp3) is 0.500. The van der Waals surface area contributed by atoms with Crippen molar-refractivity contribution in [3.8, 4) is 0 Å². The number of hydrogen-bond acceptors (Lipinski definition) is 4. The maximum atomic E-state index is 11.9. The number of hydrogen-bond donors (Lipinski definition) is 1. The second-order valence-electron chi connectivity index (χ2n) is 4.43. The first-order chi connectivity index (χ1) is 8.33. The Hall–Kier alpha value is -1.01. The number of carboxylic acid groups (broad SMARTS) is 1. The van der Waals surface area contributed by atoms with E-state index < -0.39 is 10.7 Å². The maximum absolute atomic E-state index is 11.9. The Bertz CT molecular complexity index is 415. The molecular weight excluding hydrogens is 270 g/mol. The lowest BCUT2D eigenvalue weighted by Gasteiger charge is -2.21. The summed E-state index contributed by atoms with van der Waals surface area (Å²) in [5.41, 5.74) is 0. The van der Waals surface area contributed by atoms with Gasteiger partial charge >= 0.3 is 5.97 Å². The Morgan fingerprint density at radius 3 is 2.67 bits per heavy atom. The van der Waals surface area contributed by atoms with Crippen LogP contribution in [0.1, 0.15) is 18.7 Å². The number of amides is 1. The van der Waals surface area contributed by atoms with Gasteiger partial charge in [-0.15, -0.1) is 23.1 Å². The molecule has 18 heavy (non-hydrogen) atoms. The third kappa shape index (κ3) is 4.34. The second kappa shape index (κ2) is 6.24. The summed E-state index contributed by atoms with van der Waals surface area (Å²) in [6, 6.07) is 3.92. The summed E-state index contributed by atoms with van der Waals surface area (Å²) in [6.07, 6.45) is 0. The fourth-order valence-electron chi connectivity index (χ4n) is 1.14. The molecule has 0 bridgehead atoms. The van der Waals surface area contributed by atoms with Crippen molar-refractivity contribution >= 4 is 35.0 Å². The molecule has 0 radical (unpaired) electrons. The average molecular weight is 287 g/mol. The molecule has 4 nitrogen and oxygen atoms in total. The number of nitrogens with zero attached hydrogens (tertiary/aromatic N) is 1. The van der Waals surface area contributed by atoms with Crippen LogP contribution in [-0.4, -0.2) is 39.4 Å². The first kappa shape index (κ1) is 15.0. The molecule has 1 aromatic rings. The second-order valence-corrected chi connectivity index (χ2v) is 7.06. The topological polar surface area (TPSA) is 57.6 Å². The highest BCUT2D eigenvalue weighted by molar-refractivity contribution is 8.01. The highest BCUT2D eigenvalue weighted by atomic mass is 32.2. The van der Waals surface area contributed by atoms with Crippen LogP contribution in [-0.2, 0) is 16.1 Å². The van der Waals surface area contributed by atoms with Crippen molar-refractivity contribution in [1.82, 2.24) is 4.90 Å². The van der Waals surface area contributed by atoms with Crippen LogP contribution in [0.25, 0.3) is 0 Å². The van der Waals surface area contributed by atoms with Gasteiger partial charge in [0.25, 0.3) is 0 Å². The highest BCUT2D eigenvalue weighted by Gasteiger charge is 2.29. The van der Waals surface area contributed by atoms with Crippen LogP contribution in [0, 0.1) is 0 Å². The number of aliphatic carboxylic acids is 1. The molecule has 100 valence electrons. The van der Waals surface area contributed by atoms with Crippen LogP contribution >= 0.6 is 23.1 Å². The van der Waals surface area contributed by atoms with Gasteiger partial charge in [0.15, 0.2) is 0 Å². The van der Waals surface area contributed by atoms with Gasteiger partial charge in [0.1, 0.15) is 4.75 Å². The van der Waals surface area contributed by atoms with Gasteiger partial charge in [-0.2, -0.15) is 0 Å². The van der Waals surface area contributed by atoms with Crippen LogP contribution in [0.5, 0.6) is 0 Å². The summed E-state index contributed by atoms with van der Waals surface area (Å²) in [5.74, 6) is -0.773. The Labute approximate surface area is 115 Å². The van der Waals surface area contributed by atoms with E-state index in [2.05, 4.69) is 0 Å². The van der Waals surface area contributed by atoms with Crippen molar-refractivity contribution in [2.24, 2.45) is 0 Å². The zero-order valence-corrected chi connectivity index (χ0v) is 12.3. The first-order valence-corrected chi connectivity index (χ1v) is 7.33. The fourth-order valence-corrected chi connectivity index (χ4v) is 2.72. The Balaban J connectivity index is 2.43. The molecule has 0 atom stereocenters. The van der Waals surface area contributed by atoms with E-state index in [0.29, 0.717) is 6.54 Å². The number of carbonyl (C=O) groups excluding carboxylic acids is 1. The number of thiophene rings is 1. The van der Waals surface area contributed by atoms with E-state index in [9.17, 15) is 9.59 Å². The van der Waals surface area contributed by atoms with Gasteiger partial charge in [0, 0.05) is 11.9 Å². The van der Waals surface area contributed by atoms with E-state index in [0.717, 1.165) is 16.6 Å². The smallest absolute Gasteiger partial charge is 0.319 e. The third-order valence-electron chi connectivity index (χ3n) is 2.47. The third-order valence-corrected chi connectivity index (χ3v) is 4.62. The summed E-state index contributed by atoms with van der Waals surface area (Å²) in [6.45, 7) is 3.78. The molecule has 6 heteroatoms. The largest absolute Gasteiger partial charge is 0.480 e. The minimum atomic E-state index is -0.931. The molecule has 0 aliphatic carbocycles. The van der Waals surface area contributed by atoms with Gasteiger partial charge < -0.3 is 10.0 Å². The van der Waals surface area contributed by atoms with E-state index in [1.54, 1.807) is 37.1 Å². The summed E-state index contributed by atoms with van der Waals surface area (Å²) in [7, 11) is 1.73. The quantitative estimate of drug-likeness (QED) is 0.872. The first-order valence-electron chi connectivity index (χ1n) is 5.46. The average Bonchev–Trinajstić information content (AvgIpc) is 2.78. The van der Waals surface area contributed by atoms with Gasteiger partial charge in [-0.3, -0.25) is 9.59 Å². The summed E-state index contributed by atoms with van der Waals surface area (Å²) < 4.78 is -0.931. The lowest BCUT2D eigenvalue weighted by Crippen LogP contribution is -2.32. The minimum Gasteiger partial charge on any atom is -0.480 e. The molecule has 0 aliphatic heterocycles. The molecule has 0 saturated heterocycles. The molecular formula is C12H17NO3S2. The molecule has 1 amide bonds. The van der Waals surface area contributed by atoms with Crippen molar-refractivity contribution < 1.29 is 14.7 Å². The maximum Gasteiger partial charge on any atom is 0.319 e. The van der Waals surface area contributed by atoms with E-state index in [4.69, 9.17) is 5.11 Å². The van der Waals surface area contributed by atoms with E-state index >= 15 is 0 Å². The SMILES string of the molecule is CN(Cc1cccs1)C(=O)CSC(C)(C)C(=O)O. The molecule has 0 spiro atoms. The summed E-state index contributed by atoms with van der Waals surface area (Å²) >= 11 is 2.75. The van der Waals surface area contributed by atoms with Gasteiger partial charge in [-0.25, -0.2) is 0 Å². The predicted octanol–water partition coefficient (Wildman–Crippen LogP) is 2.30. The molecule has 0 fully saturated rings. The molecule has 0 aliphatic rings. The molecule has 1 N–H and O–H groups in total. The monoisotopic (exact) mass is 287 g/mol. The van der Waals surface area contributed by atoms with Crippen molar-refractivity contribution in [2.75, 3.05) is 12.8 Å². The van der Waals surface area contributed by atoms with Crippen molar-refractivity contribution in [1.29, 1.82) is 0 Å². The van der Waals surface area contributed by atoms with Crippen LogP contribution in [0.2, 0.25) is 0 Å². The minimum absolute atomic E-state index is 0.0530. The standard InChI is InChI=1S/C12H17NO3S2/c1-12(2,11(15)16)18-8-10(14)13(3)7-9-5-4-6-17-9/h4-6H,7-8H2,1-3H3,(H,15,16). The van der Waals surface area contributed by atoms with Gasteiger partial charge in [0.05, 0.1) is 12.3 Å². The van der Waals surface area contributed by atoms with E-state index in [1.165, 1.54) is 0 Å². The Morgan fingerprint density at radius 2 is 2.17 bits per heavy atom. The van der Waals surface area contributed by atoms with Crippen molar-refractivity contribution in [3.05, 3.63) is 22.4 Å². The molecule has 0 unspecified atom stereocenters. The lowest BCUT2D eigenvalue weighted by atomic mass is 10.2. The summed E-state index contributed by atoms with van der Waals surface area (Å²) in [4.78, 5) is 25.5. The van der Waals surface area contributed by atoms with E-state index in [1.807, 2.05) is 17.5 Å². The number of thioether (sulfide) groups is 1. The van der Waals surface area contributed by atoms with E-state index in [-0.39, 0.29) is 11.7 Å². The van der Waals surface area contributed by atoms with Gasteiger partial charge in [-0.1, -0.05) is 6.07 Å². The van der Waals surface area contributed by atoms with Crippen molar-refractivity contribution in [2.45, 2.75) is 25.1 Å². The van der Waals surface area contributed by atoms with Crippen molar-refractivity contribution in [3.63, 3.8) is 0 Å². The zero-order valence-electron chi connectivity index (χ0n) is 10.7. The zero-order chi connectivity index (χ0) is 13.8. The number of rotatable bonds is 6. The molecule has 1 heterocycles. The molecule has 0 aromatic carbocycles.